The van der Waals surface area contributed by atoms with Crippen molar-refractivity contribution in [1.29, 1.82) is 0 Å². The van der Waals surface area contributed by atoms with E-state index in [1.165, 1.54) is 18.5 Å². The molecule has 1 aromatic heterocycles. The van der Waals surface area contributed by atoms with Crippen LogP contribution in [-0.4, -0.2) is 9.78 Å². The molecule has 1 heterocycles. The summed E-state index contributed by atoms with van der Waals surface area (Å²) in [5.41, 5.74) is 8.35. The third kappa shape index (κ3) is 2.58. The van der Waals surface area contributed by atoms with E-state index in [1.54, 1.807) is 0 Å². The Morgan fingerprint density at radius 1 is 1.50 bits per heavy atom. The van der Waals surface area contributed by atoms with E-state index in [0.29, 0.717) is 0 Å². The molecule has 3 nitrogen and oxygen atoms in total. The van der Waals surface area contributed by atoms with E-state index in [4.69, 9.17) is 5.73 Å². The summed E-state index contributed by atoms with van der Waals surface area (Å²) in [4.78, 5) is 0. The van der Waals surface area contributed by atoms with Crippen LogP contribution in [0.3, 0.4) is 0 Å². The van der Waals surface area contributed by atoms with Crippen LogP contribution in [0.1, 0.15) is 50.5 Å². The zero-order valence-electron chi connectivity index (χ0n) is 9.45. The van der Waals surface area contributed by atoms with Crippen LogP contribution in [0.15, 0.2) is 6.07 Å². The van der Waals surface area contributed by atoms with Crippen molar-refractivity contribution < 1.29 is 0 Å². The van der Waals surface area contributed by atoms with E-state index in [9.17, 15) is 0 Å². The molecule has 0 aliphatic rings. The first-order valence-electron chi connectivity index (χ1n) is 5.49. The van der Waals surface area contributed by atoms with Crippen molar-refractivity contribution in [2.75, 3.05) is 0 Å². The van der Waals surface area contributed by atoms with Gasteiger partial charge in [0.1, 0.15) is 0 Å². The van der Waals surface area contributed by atoms with E-state index in [-0.39, 0.29) is 6.04 Å². The van der Waals surface area contributed by atoms with Gasteiger partial charge in [-0.25, -0.2) is 0 Å². The highest BCUT2D eigenvalue weighted by Crippen LogP contribution is 2.17. The normalized spacial score (nSPS) is 13.1. The fourth-order valence-corrected chi connectivity index (χ4v) is 1.69. The van der Waals surface area contributed by atoms with Crippen molar-refractivity contribution in [3.8, 4) is 0 Å². The van der Waals surface area contributed by atoms with Gasteiger partial charge in [0.15, 0.2) is 0 Å². The molecule has 0 saturated carbocycles. The number of unbranched alkanes of at least 4 members (excludes halogenated alkanes) is 1. The maximum Gasteiger partial charge on any atom is 0.0597 e. The fraction of sp³-hybridized carbons (Fsp3) is 0.727. The Bertz CT molecular complexity index is 278. The summed E-state index contributed by atoms with van der Waals surface area (Å²) in [6, 6.07) is 2.25. The van der Waals surface area contributed by atoms with Gasteiger partial charge in [-0.2, -0.15) is 5.10 Å². The van der Waals surface area contributed by atoms with E-state index in [1.807, 2.05) is 11.6 Å². The van der Waals surface area contributed by atoms with Crippen LogP contribution in [0.5, 0.6) is 0 Å². The summed E-state index contributed by atoms with van der Waals surface area (Å²) in [7, 11) is 0. The molecule has 0 spiro atoms. The second-order valence-corrected chi connectivity index (χ2v) is 3.78. The SMILES string of the molecule is CCCCC(N)c1cc(C)nn1CC. The number of nitrogens with two attached hydrogens (primary N) is 1. The molecule has 1 unspecified atom stereocenters. The highest BCUT2D eigenvalue weighted by molar-refractivity contribution is 5.12. The number of hydrogen-bond donors (Lipinski definition) is 1. The summed E-state index contributed by atoms with van der Waals surface area (Å²) in [5, 5.41) is 4.39. The van der Waals surface area contributed by atoms with Crippen LogP contribution < -0.4 is 5.73 Å². The Balaban J connectivity index is 2.72. The third-order valence-electron chi connectivity index (χ3n) is 2.48. The predicted octanol–water partition coefficient (Wildman–Crippen LogP) is 2.40. The van der Waals surface area contributed by atoms with E-state index in [2.05, 4.69) is 25.0 Å². The molecule has 2 N–H and O–H groups in total. The Hall–Kier alpha value is -0.830. The molecule has 1 rings (SSSR count). The molecule has 0 amide bonds. The van der Waals surface area contributed by atoms with Gasteiger partial charge in [-0.3, -0.25) is 4.68 Å². The van der Waals surface area contributed by atoms with Crippen LogP contribution in [0.2, 0.25) is 0 Å². The third-order valence-corrected chi connectivity index (χ3v) is 2.48. The lowest BCUT2D eigenvalue weighted by atomic mass is 10.1. The Morgan fingerprint density at radius 2 is 2.21 bits per heavy atom. The first-order valence-corrected chi connectivity index (χ1v) is 5.49. The van der Waals surface area contributed by atoms with Crippen LogP contribution in [0, 0.1) is 6.92 Å². The molecule has 1 aromatic rings. The second-order valence-electron chi connectivity index (χ2n) is 3.78. The number of aryl methyl sites for hydroxylation is 2. The maximum absolute atomic E-state index is 6.11. The van der Waals surface area contributed by atoms with Gasteiger partial charge in [0.25, 0.3) is 0 Å². The summed E-state index contributed by atoms with van der Waals surface area (Å²) < 4.78 is 2.01. The van der Waals surface area contributed by atoms with Gasteiger partial charge in [-0.1, -0.05) is 19.8 Å². The molecule has 0 aliphatic carbocycles. The Kier molecular flexibility index (Phi) is 4.14. The van der Waals surface area contributed by atoms with Crippen molar-refractivity contribution in [1.82, 2.24) is 9.78 Å². The van der Waals surface area contributed by atoms with Gasteiger partial charge in [-0.15, -0.1) is 0 Å². The second kappa shape index (κ2) is 5.15. The van der Waals surface area contributed by atoms with E-state index < -0.39 is 0 Å². The summed E-state index contributed by atoms with van der Waals surface area (Å²) >= 11 is 0. The molecule has 0 radical (unpaired) electrons. The number of nitrogens with zero attached hydrogens (tertiary/aromatic N) is 2. The smallest absolute Gasteiger partial charge is 0.0597 e. The van der Waals surface area contributed by atoms with Gasteiger partial charge >= 0.3 is 0 Å². The van der Waals surface area contributed by atoms with Crippen molar-refractivity contribution in [3.05, 3.63) is 17.5 Å². The molecule has 0 aliphatic heterocycles. The van der Waals surface area contributed by atoms with Crippen molar-refractivity contribution in [3.63, 3.8) is 0 Å². The number of aromatic nitrogens is 2. The number of rotatable bonds is 5. The van der Waals surface area contributed by atoms with Crippen LogP contribution in [0.4, 0.5) is 0 Å². The average Bonchev–Trinajstić information content (AvgIpc) is 2.56. The molecule has 0 bridgehead atoms. The highest BCUT2D eigenvalue weighted by atomic mass is 15.3. The molecule has 0 saturated heterocycles. The molecule has 14 heavy (non-hydrogen) atoms. The molecule has 0 aromatic carbocycles. The zero-order valence-corrected chi connectivity index (χ0v) is 9.45. The molecule has 0 fully saturated rings. The molecular formula is C11H21N3. The van der Waals surface area contributed by atoms with Gasteiger partial charge in [-0.05, 0) is 26.3 Å². The fourth-order valence-electron chi connectivity index (χ4n) is 1.69. The van der Waals surface area contributed by atoms with Gasteiger partial charge in [0.05, 0.1) is 11.4 Å². The van der Waals surface area contributed by atoms with Crippen LogP contribution in [0.25, 0.3) is 0 Å². The summed E-state index contributed by atoms with van der Waals surface area (Å²) in [5.74, 6) is 0. The van der Waals surface area contributed by atoms with Gasteiger partial charge < -0.3 is 5.73 Å². The van der Waals surface area contributed by atoms with Crippen molar-refractivity contribution in [2.45, 2.75) is 52.6 Å². The van der Waals surface area contributed by atoms with Crippen LogP contribution in [-0.2, 0) is 6.54 Å². The number of hydrogen-bond acceptors (Lipinski definition) is 2. The van der Waals surface area contributed by atoms with Crippen LogP contribution >= 0.6 is 0 Å². The maximum atomic E-state index is 6.11. The minimum Gasteiger partial charge on any atom is -0.323 e. The largest absolute Gasteiger partial charge is 0.323 e. The first kappa shape index (κ1) is 11.2. The molecule has 3 heteroatoms. The highest BCUT2D eigenvalue weighted by Gasteiger charge is 2.11. The average molecular weight is 195 g/mol. The van der Waals surface area contributed by atoms with Gasteiger partial charge in [0.2, 0.25) is 0 Å². The van der Waals surface area contributed by atoms with Crippen molar-refractivity contribution in [2.24, 2.45) is 5.73 Å². The molecule has 80 valence electrons. The Morgan fingerprint density at radius 3 is 2.79 bits per heavy atom. The Labute approximate surface area is 86.3 Å². The summed E-state index contributed by atoms with van der Waals surface area (Å²) in [6.07, 6.45) is 3.45. The lowest BCUT2D eigenvalue weighted by Gasteiger charge is -2.12. The predicted molar refractivity (Wildman–Crippen MR) is 59.1 cm³/mol. The first-order chi connectivity index (χ1) is 6.69. The topological polar surface area (TPSA) is 43.8 Å². The quantitative estimate of drug-likeness (QED) is 0.784. The lowest BCUT2D eigenvalue weighted by molar-refractivity contribution is 0.529. The standard InChI is InChI=1S/C11H21N3/c1-4-6-7-10(12)11-8-9(3)13-14(11)5-2/h8,10H,4-7,12H2,1-3H3. The molecular weight excluding hydrogens is 174 g/mol. The van der Waals surface area contributed by atoms with Crippen molar-refractivity contribution >= 4 is 0 Å². The van der Waals surface area contributed by atoms with E-state index in [0.717, 1.165) is 18.7 Å². The minimum atomic E-state index is 0.149. The van der Waals surface area contributed by atoms with E-state index >= 15 is 0 Å². The summed E-state index contributed by atoms with van der Waals surface area (Å²) in [6.45, 7) is 7.21. The minimum absolute atomic E-state index is 0.149. The zero-order chi connectivity index (χ0) is 10.6. The van der Waals surface area contributed by atoms with Gasteiger partial charge in [0, 0.05) is 12.6 Å². The monoisotopic (exact) mass is 195 g/mol. The molecule has 1 atom stereocenters. The lowest BCUT2D eigenvalue weighted by Crippen LogP contribution is -2.15.